The summed E-state index contributed by atoms with van der Waals surface area (Å²) in [6.45, 7) is 4.49. The monoisotopic (exact) mass is 161 g/mol. The Morgan fingerprint density at radius 2 is 2.33 bits per heavy atom. The van der Waals surface area contributed by atoms with Crippen LogP contribution in [0.25, 0.3) is 0 Å². The summed E-state index contributed by atoms with van der Waals surface area (Å²) in [4.78, 5) is 0. The molecule has 1 heterocycles. The van der Waals surface area contributed by atoms with Crippen LogP contribution in [0.2, 0.25) is 0 Å². The molecule has 0 amide bonds. The van der Waals surface area contributed by atoms with Gasteiger partial charge < -0.3 is 5.32 Å². The van der Waals surface area contributed by atoms with Crippen LogP contribution in [-0.2, 0) is 0 Å². The third-order valence-corrected chi connectivity index (χ3v) is 2.57. The Balaban J connectivity index is 2.21. The van der Waals surface area contributed by atoms with Gasteiger partial charge in [0.25, 0.3) is 0 Å². The van der Waals surface area contributed by atoms with E-state index in [1.807, 2.05) is 0 Å². The zero-order chi connectivity index (χ0) is 8.39. The Morgan fingerprint density at radius 1 is 1.42 bits per heavy atom. The van der Waals surface area contributed by atoms with Gasteiger partial charge in [0.05, 0.1) is 0 Å². The smallest absolute Gasteiger partial charge is 0.00206 e. The summed E-state index contributed by atoms with van der Waals surface area (Å²) < 4.78 is 0. The zero-order valence-electron chi connectivity index (χ0n) is 7.51. The molecule has 0 saturated carbocycles. The molecular weight excluding hydrogens is 146 g/mol. The molecule has 0 spiro atoms. The largest absolute Gasteiger partial charge is 0.316 e. The normalized spacial score (nSPS) is 22.9. The molecule has 1 aromatic carbocycles. The summed E-state index contributed by atoms with van der Waals surface area (Å²) >= 11 is 0. The van der Waals surface area contributed by atoms with Crippen molar-refractivity contribution in [2.24, 2.45) is 0 Å². The standard InChI is InChI=1S/C11H15N/c1-9-3-2-4-10(7-9)11-5-6-12-8-11/h2-4,7,11-12H,5-6,8H2,1H3. The number of aryl methyl sites for hydroxylation is 1. The fourth-order valence-electron chi connectivity index (χ4n) is 1.86. The zero-order valence-corrected chi connectivity index (χ0v) is 7.51. The Hall–Kier alpha value is -0.820. The van der Waals surface area contributed by atoms with Crippen molar-refractivity contribution in [3.63, 3.8) is 0 Å². The van der Waals surface area contributed by atoms with Crippen LogP contribution in [0.3, 0.4) is 0 Å². The van der Waals surface area contributed by atoms with Crippen LogP contribution < -0.4 is 5.32 Å². The number of benzene rings is 1. The van der Waals surface area contributed by atoms with E-state index in [0.29, 0.717) is 0 Å². The summed E-state index contributed by atoms with van der Waals surface area (Å²) in [6.07, 6.45) is 1.30. The van der Waals surface area contributed by atoms with E-state index in [1.165, 1.54) is 24.1 Å². The first-order valence-corrected chi connectivity index (χ1v) is 4.63. The van der Waals surface area contributed by atoms with E-state index in [9.17, 15) is 0 Å². The molecule has 0 radical (unpaired) electrons. The van der Waals surface area contributed by atoms with Gasteiger partial charge in [-0.2, -0.15) is 0 Å². The van der Waals surface area contributed by atoms with Crippen molar-refractivity contribution >= 4 is 0 Å². The van der Waals surface area contributed by atoms with Crippen LogP contribution >= 0.6 is 0 Å². The van der Waals surface area contributed by atoms with E-state index >= 15 is 0 Å². The van der Waals surface area contributed by atoms with Crippen LogP contribution in [0.15, 0.2) is 24.3 Å². The maximum Gasteiger partial charge on any atom is 0.00206 e. The van der Waals surface area contributed by atoms with Crippen LogP contribution in [0.5, 0.6) is 0 Å². The first-order chi connectivity index (χ1) is 5.86. The summed E-state index contributed by atoms with van der Waals surface area (Å²) in [6, 6.07) is 8.86. The molecule has 2 rings (SSSR count). The molecule has 1 nitrogen and oxygen atoms in total. The van der Waals surface area contributed by atoms with Gasteiger partial charge in [-0.15, -0.1) is 0 Å². The SMILES string of the molecule is Cc1cccc(C2CCNC2)c1. The van der Waals surface area contributed by atoms with Crippen molar-refractivity contribution < 1.29 is 0 Å². The Bertz CT molecular complexity index is 261. The highest BCUT2D eigenvalue weighted by atomic mass is 14.9. The lowest BCUT2D eigenvalue weighted by molar-refractivity contribution is 0.762. The molecule has 64 valence electrons. The average Bonchev–Trinajstić information content (AvgIpc) is 2.56. The summed E-state index contributed by atoms with van der Waals surface area (Å²) in [7, 11) is 0. The van der Waals surface area contributed by atoms with Gasteiger partial charge >= 0.3 is 0 Å². The minimum Gasteiger partial charge on any atom is -0.316 e. The lowest BCUT2D eigenvalue weighted by atomic mass is 9.97. The first-order valence-electron chi connectivity index (χ1n) is 4.63. The fraction of sp³-hybridized carbons (Fsp3) is 0.455. The van der Waals surface area contributed by atoms with Gasteiger partial charge in [-0.05, 0) is 31.4 Å². The first kappa shape index (κ1) is 7.81. The second kappa shape index (κ2) is 3.28. The molecule has 1 heteroatoms. The fourth-order valence-corrected chi connectivity index (χ4v) is 1.86. The minimum atomic E-state index is 0.755. The number of hydrogen-bond donors (Lipinski definition) is 1. The van der Waals surface area contributed by atoms with E-state index < -0.39 is 0 Å². The van der Waals surface area contributed by atoms with Gasteiger partial charge in [0, 0.05) is 6.54 Å². The Kier molecular flexibility index (Phi) is 2.13. The molecule has 1 aliphatic rings. The Morgan fingerprint density at radius 3 is 3.00 bits per heavy atom. The third kappa shape index (κ3) is 1.51. The lowest BCUT2D eigenvalue weighted by Crippen LogP contribution is -2.07. The Labute approximate surface area is 73.8 Å². The minimum absolute atomic E-state index is 0.755. The molecule has 0 aliphatic carbocycles. The van der Waals surface area contributed by atoms with E-state index in [-0.39, 0.29) is 0 Å². The van der Waals surface area contributed by atoms with E-state index in [1.54, 1.807) is 0 Å². The van der Waals surface area contributed by atoms with Gasteiger partial charge in [0.1, 0.15) is 0 Å². The molecule has 1 fully saturated rings. The summed E-state index contributed by atoms with van der Waals surface area (Å²) in [5, 5.41) is 3.39. The van der Waals surface area contributed by atoms with Crippen LogP contribution in [0.1, 0.15) is 23.5 Å². The number of nitrogens with one attached hydrogen (secondary N) is 1. The van der Waals surface area contributed by atoms with Crippen molar-refractivity contribution in [2.75, 3.05) is 13.1 Å². The van der Waals surface area contributed by atoms with Crippen molar-refractivity contribution in [2.45, 2.75) is 19.3 Å². The van der Waals surface area contributed by atoms with Crippen LogP contribution in [-0.4, -0.2) is 13.1 Å². The van der Waals surface area contributed by atoms with Gasteiger partial charge in [0.2, 0.25) is 0 Å². The van der Waals surface area contributed by atoms with Crippen LogP contribution in [0, 0.1) is 6.92 Å². The predicted octanol–water partition coefficient (Wildman–Crippen LogP) is 2.07. The highest BCUT2D eigenvalue weighted by Gasteiger charge is 2.15. The summed E-state index contributed by atoms with van der Waals surface area (Å²) in [5.74, 6) is 0.755. The van der Waals surface area contributed by atoms with Gasteiger partial charge in [-0.1, -0.05) is 29.8 Å². The molecule has 1 aromatic rings. The van der Waals surface area contributed by atoms with Gasteiger partial charge in [-0.3, -0.25) is 0 Å². The quantitative estimate of drug-likeness (QED) is 0.665. The van der Waals surface area contributed by atoms with E-state index in [4.69, 9.17) is 0 Å². The molecule has 1 N–H and O–H groups in total. The third-order valence-electron chi connectivity index (χ3n) is 2.57. The molecule has 0 aromatic heterocycles. The predicted molar refractivity (Wildman–Crippen MR) is 51.4 cm³/mol. The lowest BCUT2D eigenvalue weighted by Gasteiger charge is -2.08. The van der Waals surface area contributed by atoms with Crippen molar-refractivity contribution in [1.29, 1.82) is 0 Å². The molecule has 0 bridgehead atoms. The number of hydrogen-bond acceptors (Lipinski definition) is 1. The highest BCUT2D eigenvalue weighted by molar-refractivity contribution is 5.26. The van der Waals surface area contributed by atoms with Crippen molar-refractivity contribution in [3.8, 4) is 0 Å². The second-order valence-corrected chi connectivity index (χ2v) is 3.60. The van der Waals surface area contributed by atoms with Crippen LogP contribution in [0.4, 0.5) is 0 Å². The maximum atomic E-state index is 3.39. The van der Waals surface area contributed by atoms with Gasteiger partial charge in [-0.25, -0.2) is 0 Å². The molecule has 1 saturated heterocycles. The number of rotatable bonds is 1. The molecule has 1 aliphatic heterocycles. The van der Waals surface area contributed by atoms with E-state index in [0.717, 1.165) is 12.5 Å². The van der Waals surface area contributed by atoms with E-state index in [2.05, 4.69) is 36.5 Å². The molecular formula is C11H15N. The van der Waals surface area contributed by atoms with Gasteiger partial charge in [0.15, 0.2) is 0 Å². The van der Waals surface area contributed by atoms with Crippen molar-refractivity contribution in [3.05, 3.63) is 35.4 Å². The van der Waals surface area contributed by atoms with Crippen molar-refractivity contribution in [1.82, 2.24) is 5.32 Å². The molecule has 1 atom stereocenters. The topological polar surface area (TPSA) is 12.0 Å². The average molecular weight is 161 g/mol. The molecule has 1 unspecified atom stereocenters. The highest BCUT2D eigenvalue weighted by Crippen LogP contribution is 2.22. The second-order valence-electron chi connectivity index (χ2n) is 3.60. The summed E-state index contributed by atoms with van der Waals surface area (Å²) in [5.41, 5.74) is 2.87. The molecule has 12 heavy (non-hydrogen) atoms. The maximum absolute atomic E-state index is 3.39.